The molecule has 2 aromatic carbocycles. The van der Waals surface area contributed by atoms with Crippen LogP contribution in [0.25, 0.3) is 4.96 Å². The van der Waals surface area contributed by atoms with E-state index in [0.717, 1.165) is 15.7 Å². The Bertz CT molecular complexity index is 1170. The lowest BCUT2D eigenvalue weighted by Crippen LogP contribution is -2.36. The number of aromatic nitrogens is 4. The number of carbonyl (C=O) groups excluding carboxylic acids is 1. The molecule has 1 N–H and O–H groups in total. The molecule has 0 bridgehead atoms. The Labute approximate surface area is 195 Å². The average molecular weight is 468 g/mol. The number of amides is 1. The third-order valence-corrected chi connectivity index (χ3v) is 6.59. The second kappa shape index (κ2) is 9.70. The van der Waals surface area contributed by atoms with E-state index >= 15 is 0 Å². The lowest BCUT2D eigenvalue weighted by molar-refractivity contribution is 0.0500. The normalized spacial score (nSPS) is 12.6. The number of carbonyl (C=O) groups is 1. The maximum Gasteiger partial charge on any atom is 0.408 e. The second-order valence-electron chi connectivity index (χ2n) is 8.28. The number of nitrogens with one attached hydrogen (secondary N) is 1. The van der Waals surface area contributed by atoms with Crippen molar-refractivity contribution in [2.45, 2.75) is 48.9 Å². The first-order valence-corrected chi connectivity index (χ1v) is 12.1. The van der Waals surface area contributed by atoms with E-state index in [2.05, 4.69) is 27.6 Å². The fourth-order valence-corrected chi connectivity index (χ4v) is 4.96. The molecular formula is C23H25N5O2S2. The van der Waals surface area contributed by atoms with Crippen molar-refractivity contribution < 1.29 is 9.53 Å². The lowest BCUT2D eigenvalue weighted by atomic mass is 10.1. The highest BCUT2D eigenvalue weighted by atomic mass is 32.2. The van der Waals surface area contributed by atoms with Crippen molar-refractivity contribution in [1.82, 2.24) is 25.1 Å². The van der Waals surface area contributed by atoms with Gasteiger partial charge in [0.05, 0.1) is 6.04 Å². The quantitative estimate of drug-likeness (QED) is 0.372. The monoisotopic (exact) mass is 467 g/mol. The molecule has 0 saturated heterocycles. The highest BCUT2D eigenvalue weighted by Crippen LogP contribution is 2.29. The largest absolute Gasteiger partial charge is 0.444 e. The van der Waals surface area contributed by atoms with Gasteiger partial charge in [-0.3, -0.25) is 0 Å². The summed E-state index contributed by atoms with van der Waals surface area (Å²) in [6, 6.07) is 19.8. The Morgan fingerprint density at radius 3 is 2.38 bits per heavy atom. The number of thioether (sulfide) groups is 1. The smallest absolute Gasteiger partial charge is 0.408 e. The van der Waals surface area contributed by atoms with Gasteiger partial charge in [-0.2, -0.15) is 4.52 Å². The fraction of sp³-hybridized carbons (Fsp3) is 0.304. The Morgan fingerprint density at radius 2 is 1.72 bits per heavy atom. The summed E-state index contributed by atoms with van der Waals surface area (Å²) >= 11 is 3.14. The SMILES string of the molecule is CC(C)(C)OC(=O)NC(Cc1ccccc1)c1nnc2sc(SCc3ccccc3)nn12. The molecule has 2 aromatic heterocycles. The standard InChI is InChI=1S/C23H25N5O2S2/c1-23(2,3)30-21(29)24-18(14-16-10-6-4-7-11-16)19-25-26-20-28(19)27-22(32-20)31-15-17-12-8-5-9-13-17/h4-13,18H,14-15H2,1-3H3,(H,24,29). The molecule has 2 heterocycles. The topological polar surface area (TPSA) is 81.4 Å². The van der Waals surface area contributed by atoms with Gasteiger partial charge in [-0.05, 0) is 31.9 Å². The molecule has 0 fully saturated rings. The average Bonchev–Trinajstić information content (AvgIpc) is 3.32. The van der Waals surface area contributed by atoms with Gasteiger partial charge in [0.1, 0.15) is 5.60 Å². The molecule has 7 nitrogen and oxygen atoms in total. The van der Waals surface area contributed by atoms with Gasteiger partial charge in [-0.15, -0.1) is 15.3 Å². The van der Waals surface area contributed by atoms with Crippen molar-refractivity contribution in [3.8, 4) is 0 Å². The zero-order valence-corrected chi connectivity index (χ0v) is 19.8. The molecule has 4 aromatic rings. The minimum Gasteiger partial charge on any atom is -0.444 e. The fourth-order valence-electron chi connectivity index (χ4n) is 3.12. The minimum absolute atomic E-state index is 0.434. The van der Waals surface area contributed by atoms with Crippen LogP contribution in [0.2, 0.25) is 0 Å². The number of rotatable bonds is 7. The van der Waals surface area contributed by atoms with E-state index in [1.54, 1.807) is 16.3 Å². The Balaban J connectivity index is 1.57. The molecule has 0 spiro atoms. The summed E-state index contributed by atoms with van der Waals surface area (Å²) in [5.74, 6) is 1.40. The summed E-state index contributed by atoms with van der Waals surface area (Å²) in [5.41, 5.74) is 1.71. The summed E-state index contributed by atoms with van der Waals surface area (Å²) in [6.45, 7) is 5.51. The van der Waals surface area contributed by atoms with Crippen LogP contribution in [0.4, 0.5) is 4.79 Å². The van der Waals surface area contributed by atoms with Crippen LogP contribution in [0.15, 0.2) is 65.0 Å². The van der Waals surface area contributed by atoms with Gasteiger partial charge in [-0.1, -0.05) is 83.8 Å². The summed E-state index contributed by atoms with van der Waals surface area (Å²) in [6.07, 6.45) is 0.0503. The molecule has 9 heteroatoms. The second-order valence-corrected chi connectivity index (χ2v) is 10.5. The van der Waals surface area contributed by atoms with Gasteiger partial charge in [0.2, 0.25) is 4.96 Å². The Morgan fingerprint density at radius 1 is 1.06 bits per heavy atom. The number of alkyl carbamates (subject to hydrolysis) is 1. The molecule has 0 saturated carbocycles. The van der Waals surface area contributed by atoms with E-state index in [0.29, 0.717) is 17.2 Å². The third kappa shape index (κ3) is 5.86. The van der Waals surface area contributed by atoms with E-state index < -0.39 is 17.7 Å². The first-order valence-electron chi connectivity index (χ1n) is 10.3. The first-order chi connectivity index (χ1) is 15.4. The number of hydrogen-bond donors (Lipinski definition) is 1. The first kappa shape index (κ1) is 22.3. The van der Waals surface area contributed by atoms with Gasteiger partial charge in [-0.25, -0.2) is 4.79 Å². The zero-order chi connectivity index (χ0) is 22.6. The van der Waals surface area contributed by atoms with E-state index in [1.807, 2.05) is 69.3 Å². The predicted molar refractivity (Wildman–Crippen MR) is 127 cm³/mol. The van der Waals surface area contributed by atoms with Crippen molar-refractivity contribution in [3.63, 3.8) is 0 Å². The molecule has 4 rings (SSSR count). The molecule has 0 aliphatic carbocycles. The van der Waals surface area contributed by atoms with Crippen molar-refractivity contribution in [3.05, 3.63) is 77.6 Å². The number of benzene rings is 2. The number of ether oxygens (including phenoxy) is 1. The summed E-state index contributed by atoms with van der Waals surface area (Å²) < 4.78 is 8.10. The predicted octanol–water partition coefficient (Wildman–Crippen LogP) is 5.29. The molecule has 1 atom stereocenters. The summed E-state index contributed by atoms with van der Waals surface area (Å²) in [4.78, 5) is 13.2. The van der Waals surface area contributed by atoms with E-state index in [1.165, 1.54) is 16.9 Å². The highest BCUT2D eigenvalue weighted by Gasteiger charge is 2.26. The lowest BCUT2D eigenvalue weighted by Gasteiger charge is -2.22. The number of fused-ring (bicyclic) bond motifs is 1. The van der Waals surface area contributed by atoms with Crippen LogP contribution < -0.4 is 5.32 Å². The van der Waals surface area contributed by atoms with Gasteiger partial charge in [0, 0.05) is 12.2 Å². The van der Waals surface area contributed by atoms with Crippen molar-refractivity contribution in [1.29, 1.82) is 0 Å². The van der Waals surface area contributed by atoms with Gasteiger partial charge < -0.3 is 10.1 Å². The molecule has 32 heavy (non-hydrogen) atoms. The van der Waals surface area contributed by atoms with Crippen LogP contribution in [0, 0.1) is 0 Å². The van der Waals surface area contributed by atoms with Crippen molar-refractivity contribution in [2.24, 2.45) is 0 Å². The molecule has 166 valence electrons. The molecule has 1 unspecified atom stereocenters. The molecule has 1 amide bonds. The maximum atomic E-state index is 12.5. The number of nitrogens with zero attached hydrogens (tertiary/aromatic N) is 4. The Kier molecular flexibility index (Phi) is 6.76. The minimum atomic E-state index is -0.594. The van der Waals surface area contributed by atoms with Crippen LogP contribution in [0.5, 0.6) is 0 Å². The van der Waals surface area contributed by atoms with Crippen LogP contribution in [-0.4, -0.2) is 31.5 Å². The summed E-state index contributed by atoms with van der Waals surface area (Å²) in [5, 5.41) is 16.3. The number of hydrogen-bond acceptors (Lipinski definition) is 7. The van der Waals surface area contributed by atoms with Crippen LogP contribution in [0.1, 0.15) is 43.8 Å². The van der Waals surface area contributed by atoms with Crippen molar-refractivity contribution in [2.75, 3.05) is 0 Å². The highest BCUT2D eigenvalue weighted by molar-refractivity contribution is 8.00. The summed E-state index contributed by atoms with van der Waals surface area (Å²) in [7, 11) is 0. The van der Waals surface area contributed by atoms with E-state index in [-0.39, 0.29) is 0 Å². The Hall–Kier alpha value is -2.91. The third-order valence-electron chi connectivity index (χ3n) is 4.49. The van der Waals surface area contributed by atoms with E-state index in [4.69, 9.17) is 9.84 Å². The maximum absolute atomic E-state index is 12.5. The van der Waals surface area contributed by atoms with Crippen LogP contribution in [-0.2, 0) is 16.9 Å². The molecule has 0 aliphatic heterocycles. The van der Waals surface area contributed by atoms with E-state index in [9.17, 15) is 4.79 Å². The van der Waals surface area contributed by atoms with Gasteiger partial charge in [0.25, 0.3) is 0 Å². The van der Waals surface area contributed by atoms with Gasteiger partial charge in [0.15, 0.2) is 10.2 Å². The van der Waals surface area contributed by atoms with Crippen LogP contribution in [0.3, 0.4) is 0 Å². The van der Waals surface area contributed by atoms with Crippen molar-refractivity contribution >= 4 is 34.2 Å². The molecular weight excluding hydrogens is 442 g/mol. The van der Waals surface area contributed by atoms with Gasteiger partial charge >= 0.3 is 6.09 Å². The molecule has 0 aliphatic rings. The van der Waals surface area contributed by atoms with Crippen LogP contribution >= 0.6 is 23.1 Å². The molecule has 0 radical (unpaired) electrons. The zero-order valence-electron chi connectivity index (χ0n) is 18.2.